The van der Waals surface area contributed by atoms with E-state index in [0.29, 0.717) is 0 Å². The third kappa shape index (κ3) is 24.5. The number of hydrogen-bond donors (Lipinski definition) is 0. The van der Waals surface area contributed by atoms with Crippen LogP contribution in [-0.2, 0) is 25.7 Å². The molecule has 0 amide bonds. The van der Waals surface area contributed by atoms with Crippen LogP contribution in [0.5, 0.6) is 0 Å². The topological polar surface area (TPSA) is 0 Å². The van der Waals surface area contributed by atoms with Gasteiger partial charge in [-0.15, -0.1) is 11.3 Å². The molecule has 1 heterocycles. The molecular weight excluding hydrogens is 561 g/mol. The molecule has 0 spiro atoms. The lowest BCUT2D eigenvalue weighted by Crippen LogP contribution is -1.99. The average Bonchev–Trinajstić information content (AvgIpc) is 3.37. The summed E-state index contributed by atoms with van der Waals surface area (Å²) in [4.78, 5) is 3.65. The van der Waals surface area contributed by atoms with E-state index in [4.69, 9.17) is 0 Å². The van der Waals surface area contributed by atoms with Gasteiger partial charge in [0.1, 0.15) is 0 Å². The summed E-state index contributed by atoms with van der Waals surface area (Å²) in [5.74, 6) is 0. The molecule has 0 fully saturated rings. The van der Waals surface area contributed by atoms with Crippen LogP contribution in [0.4, 0.5) is 0 Å². The van der Waals surface area contributed by atoms with Gasteiger partial charge < -0.3 is 0 Å². The lowest BCUT2D eigenvalue weighted by molar-refractivity contribution is 0.567. The minimum absolute atomic E-state index is 1.36. The van der Waals surface area contributed by atoms with Crippen molar-refractivity contribution in [2.45, 2.75) is 259 Å². The predicted octanol–water partition coefficient (Wildman–Crippen LogP) is 16.5. The molecular formula is C44H84S. The highest BCUT2D eigenvalue weighted by molar-refractivity contribution is 7.12. The Morgan fingerprint density at radius 1 is 0.244 bits per heavy atom. The van der Waals surface area contributed by atoms with Crippen molar-refractivity contribution in [3.05, 3.63) is 20.9 Å². The summed E-state index contributed by atoms with van der Waals surface area (Å²) in [5.41, 5.74) is 3.73. The zero-order valence-electron chi connectivity index (χ0n) is 31.9. The molecule has 0 aromatic carbocycles. The summed E-state index contributed by atoms with van der Waals surface area (Å²) in [5, 5.41) is 0. The van der Waals surface area contributed by atoms with Crippen LogP contribution in [-0.4, -0.2) is 0 Å². The standard InChI is InChI=1S/C44H84S/c1-5-9-13-17-21-25-29-33-37-41-42(38-34-30-26-22-18-14-10-6-2)44(40-36-32-28-24-20-16-12-8-4)45-43(41)39-35-31-27-23-19-15-11-7-3/h5-40H2,1-4H3. The average molecular weight is 645 g/mol. The highest BCUT2D eigenvalue weighted by atomic mass is 32.1. The molecule has 0 saturated heterocycles. The third-order valence-electron chi connectivity index (χ3n) is 10.4. The van der Waals surface area contributed by atoms with Gasteiger partial charge in [-0.25, -0.2) is 0 Å². The Balaban J connectivity index is 2.79. The maximum Gasteiger partial charge on any atom is 0.00830 e. The first kappa shape index (κ1) is 42.7. The Morgan fingerprint density at radius 2 is 0.444 bits per heavy atom. The van der Waals surface area contributed by atoms with E-state index in [1.54, 1.807) is 0 Å². The maximum absolute atomic E-state index is 2.33. The molecule has 1 aromatic heterocycles. The van der Waals surface area contributed by atoms with Gasteiger partial charge in [0.05, 0.1) is 0 Å². The van der Waals surface area contributed by atoms with E-state index in [-0.39, 0.29) is 0 Å². The van der Waals surface area contributed by atoms with Crippen molar-refractivity contribution in [3.8, 4) is 0 Å². The number of aryl methyl sites for hydroxylation is 2. The summed E-state index contributed by atoms with van der Waals surface area (Å²) >= 11 is 2.29. The third-order valence-corrected chi connectivity index (χ3v) is 11.8. The molecule has 0 nitrogen and oxygen atoms in total. The molecule has 0 unspecified atom stereocenters. The zero-order chi connectivity index (χ0) is 32.5. The molecule has 0 aliphatic rings. The van der Waals surface area contributed by atoms with Crippen LogP contribution >= 0.6 is 11.3 Å². The van der Waals surface area contributed by atoms with Gasteiger partial charge in [-0.2, -0.15) is 0 Å². The van der Waals surface area contributed by atoms with E-state index in [2.05, 4.69) is 39.0 Å². The smallest absolute Gasteiger partial charge is 0.00830 e. The molecule has 45 heavy (non-hydrogen) atoms. The number of hydrogen-bond acceptors (Lipinski definition) is 1. The summed E-state index contributed by atoms with van der Waals surface area (Å²) in [6.07, 6.45) is 51.5. The molecule has 1 aromatic rings. The SMILES string of the molecule is CCCCCCCCCCc1sc(CCCCCCCCCC)c(CCCCCCCCCC)c1CCCCCCCCCC. The van der Waals surface area contributed by atoms with Gasteiger partial charge >= 0.3 is 0 Å². The van der Waals surface area contributed by atoms with Crippen molar-refractivity contribution < 1.29 is 0 Å². The van der Waals surface area contributed by atoms with E-state index in [0.717, 1.165) is 0 Å². The summed E-state index contributed by atoms with van der Waals surface area (Å²) < 4.78 is 0. The highest BCUT2D eigenvalue weighted by Gasteiger charge is 2.17. The Labute approximate surface area is 290 Å². The van der Waals surface area contributed by atoms with Gasteiger partial charge in [0.15, 0.2) is 0 Å². The van der Waals surface area contributed by atoms with Gasteiger partial charge in [0.25, 0.3) is 0 Å². The molecule has 0 saturated carbocycles. The van der Waals surface area contributed by atoms with E-state index < -0.39 is 0 Å². The Morgan fingerprint density at radius 3 is 0.689 bits per heavy atom. The minimum Gasteiger partial charge on any atom is -0.145 e. The fourth-order valence-electron chi connectivity index (χ4n) is 7.30. The second-order valence-electron chi connectivity index (χ2n) is 14.8. The fraction of sp³-hybridized carbons (Fsp3) is 0.909. The summed E-state index contributed by atoms with van der Waals surface area (Å²) in [7, 11) is 0. The number of unbranched alkanes of at least 4 members (excludes halogenated alkanes) is 28. The van der Waals surface area contributed by atoms with Crippen LogP contribution in [0.15, 0.2) is 0 Å². The van der Waals surface area contributed by atoms with Crippen LogP contribution < -0.4 is 0 Å². The van der Waals surface area contributed by atoms with Crippen molar-refractivity contribution in [1.29, 1.82) is 0 Å². The molecule has 1 rings (SSSR count). The van der Waals surface area contributed by atoms with Crippen LogP contribution in [0.1, 0.15) is 254 Å². The minimum atomic E-state index is 1.36. The van der Waals surface area contributed by atoms with Crippen molar-refractivity contribution in [1.82, 2.24) is 0 Å². The lowest BCUT2D eigenvalue weighted by atomic mass is 9.93. The molecule has 0 aliphatic heterocycles. The Hall–Kier alpha value is -0.300. The molecule has 0 radical (unpaired) electrons. The quantitative estimate of drug-likeness (QED) is 0.0638. The van der Waals surface area contributed by atoms with Crippen LogP contribution in [0.2, 0.25) is 0 Å². The van der Waals surface area contributed by atoms with Crippen LogP contribution in [0, 0.1) is 0 Å². The van der Waals surface area contributed by atoms with Crippen molar-refractivity contribution in [3.63, 3.8) is 0 Å². The molecule has 0 aliphatic carbocycles. The van der Waals surface area contributed by atoms with Gasteiger partial charge in [-0.05, 0) is 62.5 Å². The van der Waals surface area contributed by atoms with E-state index in [1.165, 1.54) is 231 Å². The van der Waals surface area contributed by atoms with Crippen molar-refractivity contribution in [2.75, 3.05) is 0 Å². The molecule has 0 N–H and O–H groups in total. The first-order chi connectivity index (χ1) is 22.3. The van der Waals surface area contributed by atoms with E-state index in [1.807, 2.05) is 20.9 Å². The normalized spacial score (nSPS) is 11.6. The van der Waals surface area contributed by atoms with Crippen molar-refractivity contribution >= 4 is 11.3 Å². The van der Waals surface area contributed by atoms with Gasteiger partial charge in [0, 0.05) is 9.75 Å². The number of thiophene rings is 1. The molecule has 1 heteroatoms. The van der Waals surface area contributed by atoms with Crippen molar-refractivity contribution in [2.24, 2.45) is 0 Å². The molecule has 266 valence electrons. The van der Waals surface area contributed by atoms with Gasteiger partial charge in [0.2, 0.25) is 0 Å². The molecule has 0 atom stereocenters. The summed E-state index contributed by atoms with van der Waals surface area (Å²) in [6, 6.07) is 0. The van der Waals surface area contributed by atoms with Crippen LogP contribution in [0.25, 0.3) is 0 Å². The van der Waals surface area contributed by atoms with Gasteiger partial charge in [-0.1, -0.05) is 207 Å². The highest BCUT2D eigenvalue weighted by Crippen LogP contribution is 2.35. The second kappa shape index (κ2) is 33.6. The van der Waals surface area contributed by atoms with Gasteiger partial charge in [-0.3, -0.25) is 0 Å². The first-order valence-corrected chi connectivity index (χ1v) is 22.2. The Kier molecular flexibility index (Phi) is 31.9. The molecule has 0 bridgehead atoms. The predicted molar refractivity (Wildman–Crippen MR) is 210 cm³/mol. The maximum atomic E-state index is 2.33. The second-order valence-corrected chi connectivity index (χ2v) is 16.0. The summed E-state index contributed by atoms with van der Waals surface area (Å²) in [6.45, 7) is 9.33. The lowest BCUT2D eigenvalue weighted by Gasteiger charge is -2.11. The monoisotopic (exact) mass is 645 g/mol. The van der Waals surface area contributed by atoms with E-state index in [9.17, 15) is 0 Å². The largest absolute Gasteiger partial charge is 0.145 e. The first-order valence-electron chi connectivity index (χ1n) is 21.4. The van der Waals surface area contributed by atoms with E-state index >= 15 is 0 Å². The zero-order valence-corrected chi connectivity index (χ0v) is 32.7. The Bertz CT molecular complexity index is 656. The fourth-order valence-corrected chi connectivity index (χ4v) is 8.79. The van der Waals surface area contributed by atoms with Crippen LogP contribution in [0.3, 0.4) is 0 Å². The number of rotatable bonds is 36.